The van der Waals surface area contributed by atoms with Crippen LogP contribution in [0.4, 0.5) is 0 Å². The van der Waals surface area contributed by atoms with Crippen LogP contribution in [0.2, 0.25) is 61.4 Å². The van der Waals surface area contributed by atoms with E-state index in [1.807, 2.05) is 59.6 Å². The molecule has 8 aromatic rings. The molecule has 4 atom stereocenters. The summed E-state index contributed by atoms with van der Waals surface area (Å²) in [5, 5.41) is 18.7. The lowest BCUT2D eigenvalue weighted by molar-refractivity contribution is 0.0885. The van der Waals surface area contributed by atoms with Crippen molar-refractivity contribution in [3.63, 3.8) is 0 Å². The second kappa shape index (κ2) is 24.4. The standard InChI is InChI=1S/C28H37ClN6O4SSi.C26H34ClN7O2Si.ClH/c1-34-24-13-19(29)7-9-21(24)25(33-34)23-14-30-27-26(32-23)22(15-35(27)17-39-10-11-41(3,4)5)28(36)31-20-8-6-18(12-20)16-40(2,37)38;1-33-22-11-16(27)5-8-19(22)23(32-33)21-13-29-25-24(31-21)20(26(35)30-18-7-6-17(28)12-18)14-34(25)15-36-9-10-37(2,3)4;/h7,9,13-15,18,20H,6,8,10-12,16-17H2,1-5H3,(H,31,36);5,8,11,13-14,17-18H,6-7,9-10,12,15,28H2,1-4H3,(H,30,35);1H. The first-order chi connectivity index (χ1) is 36.9. The molecule has 2 saturated carbocycles. The van der Waals surface area contributed by atoms with Crippen LogP contribution in [0.3, 0.4) is 0 Å². The molecular formula is C54H72Cl3N13O6SSi2. The Labute approximate surface area is 479 Å². The van der Waals surface area contributed by atoms with Gasteiger partial charge < -0.3 is 35.0 Å². The van der Waals surface area contributed by atoms with Gasteiger partial charge in [-0.3, -0.25) is 19.0 Å². The van der Waals surface area contributed by atoms with Crippen LogP contribution >= 0.6 is 35.6 Å². The van der Waals surface area contributed by atoms with E-state index in [1.165, 1.54) is 6.26 Å². The van der Waals surface area contributed by atoms with Gasteiger partial charge in [-0.1, -0.05) is 62.5 Å². The minimum Gasteiger partial charge on any atom is -0.361 e. The number of hydrogen-bond donors (Lipinski definition) is 3. The Morgan fingerprint density at radius 2 is 1.14 bits per heavy atom. The van der Waals surface area contributed by atoms with Crippen molar-refractivity contribution in [2.24, 2.45) is 25.7 Å². The molecule has 424 valence electrons. The summed E-state index contributed by atoms with van der Waals surface area (Å²) < 4.78 is 42.7. The lowest BCUT2D eigenvalue weighted by Gasteiger charge is -2.15. The molecule has 79 heavy (non-hydrogen) atoms. The number of aromatic nitrogens is 10. The first-order valence-electron chi connectivity index (χ1n) is 26.5. The van der Waals surface area contributed by atoms with Gasteiger partial charge in [-0.25, -0.2) is 28.4 Å². The van der Waals surface area contributed by atoms with Gasteiger partial charge in [0.15, 0.2) is 11.3 Å². The number of nitrogens with one attached hydrogen (secondary N) is 2. The first-order valence-corrected chi connectivity index (χ1v) is 36.8. The SMILES string of the molecule is Cl.Cn1nc(-c2cnc3c(n2)c(C(=O)NC2CCC(CS(C)(=O)=O)C2)cn3COCC[Si](C)(C)C)c2ccc(Cl)cc21.Cn1nc(-c2cnc3c(n2)c(C(=O)NC2CCC(N)C2)cn3COCC[Si](C)(C)C)c2ccc(Cl)cc21. The lowest BCUT2D eigenvalue weighted by atomic mass is 10.1. The summed E-state index contributed by atoms with van der Waals surface area (Å²) in [6.07, 6.45) is 12.9. The molecule has 0 spiro atoms. The number of sulfone groups is 1. The minimum absolute atomic E-state index is 0. The van der Waals surface area contributed by atoms with Crippen LogP contribution in [0, 0.1) is 5.92 Å². The molecule has 25 heteroatoms. The summed E-state index contributed by atoms with van der Waals surface area (Å²) in [5.74, 6) is -0.237. The molecule has 6 heterocycles. The average molecular weight is 1190 g/mol. The molecule has 0 radical (unpaired) electrons. The zero-order valence-electron chi connectivity index (χ0n) is 46.3. The highest BCUT2D eigenvalue weighted by atomic mass is 35.5. The molecule has 4 unspecified atom stereocenters. The van der Waals surface area contributed by atoms with Crippen LogP contribution in [-0.2, 0) is 46.9 Å². The number of amides is 2. The van der Waals surface area contributed by atoms with E-state index in [1.54, 1.807) is 34.2 Å². The van der Waals surface area contributed by atoms with Crippen LogP contribution < -0.4 is 16.4 Å². The highest BCUT2D eigenvalue weighted by molar-refractivity contribution is 7.90. The Kier molecular flexibility index (Phi) is 18.5. The number of nitrogens with zero attached hydrogens (tertiary/aromatic N) is 10. The van der Waals surface area contributed by atoms with Gasteiger partial charge in [0, 0.05) is 101 Å². The molecular weight excluding hydrogens is 1120 g/mol. The Morgan fingerprint density at radius 3 is 1.56 bits per heavy atom. The van der Waals surface area contributed by atoms with E-state index in [2.05, 4.69) is 60.1 Å². The number of rotatable bonds is 18. The number of hydrogen-bond acceptors (Lipinski definition) is 13. The maximum atomic E-state index is 13.6. The zero-order chi connectivity index (χ0) is 55.8. The van der Waals surface area contributed by atoms with Crippen molar-refractivity contribution < 1.29 is 27.5 Å². The number of halogens is 3. The monoisotopic (exact) mass is 1190 g/mol. The Bertz CT molecular complexity index is 3650. The summed E-state index contributed by atoms with van der Waals surface area (Å²) in [6.45, 7) is 15.7. The molecule has 2 aromatic carbocycles. The number of ether oxygens (including phenoxy) is 2. The molecule has 19 nitrogen and oxygen atoms in total. The molecule has 2 aliphatic rings. The second-order valence-electron chi connectivity index (χ2n) is 23.5. The second-order valence-corrected chi connectivity index (χ2v) is 37.8. The fourth-order valence-electron chi connectivity index (χ4n) is 10.2. The number of carbonyl (C=O) groups is 2. The van der Waals surface area contributed by atoms with E-state index >= 15 is 0 Å². The molecule has 2 fully saturated rings. The summed E-state index contributed by atoms with van der Waals surface area (Å²) >= 11 is 12.4. The molecule has 2 aliphatic carbocycles. The summed E-state index contributed by atoms with van der Waals surface area (Å²) in [6, 6.07) is 13.4. The average Bonchev–Trinajstić information content (AvgIpc) is 4.25. The topological polar surface area (TPSA) is 234 Å². The molecule has 4 N–H and O–H groups in total. The number of benzene rings is 2. The molecule has 0 aliphatic heterocycles. The van der Waals surface area contributed by atoms with E-state index in [0.717, 1.165) is 66.0 Å². The van der Waals surface area contributed by atoms with E-state index in [9.17, 15) is 18.0 Å². The largest absolute Gasteiger partial charge is 0.361 e. The van der Waals surface area contributed by atoms with Gasteiger partial charge in [-0.05, 0) is 92.9 Å². The van der Waals surface area contributed by atoms with Crippen molar-refractivity contribution in [3.8, 4) is 22.8 Å². The smallest absolute Gasteiger partial charge is 0.255 e. The van der Waals surface area contributed by atoms with Gasteiger partial charge in [0.05, 0.1) is 40.3 Å². The fourth-order valence-corrected chi connectivity index (χ4v) is 13.2. The fraction of sp³-hybridized carbons (Fsp3) is 0.481. The minimum atomic E-state index is -3.07. The van der Waals surface area contributed by atoms with Crippen molar-refractivity contribution in [2.45, 2.75) is 121 Å². The maximum Gasteiger partial charge on any atom is 0.255 e. The van der Waals surface area contributed by atoms with Crippen molar-refractivity contribution >= 4 is 118 Å². The number of aryl methyl sites for hydroxylation is 2. The predicted molar refractivity (Wildman–Crippen MR) is 321 cm³/mol. The van der Waals surface area contributed by atoms with Gasteiger partial charge in [0.25, 0.3) is 11.8 Å². The van der Waals surface area contributed by atoms with Crippen molar-refractivity contribution in [1.82, 2.24) is 59.3 Å². The van der Waals surface area contributed by atoms with Gasteiger partial charge in [-0.2, -0.15) is 10.2 Å². The van der Waals surface area contributed by atoms with Crippen LogP contribution in [0.1, 0.15) is 59.2 Å². The van der Waals surface area contributed by atoms with E-state index in [0.29, 0.717) is 92.6 Å². The number of fused-ring (bicyclic) bond motifs is 4. The third kappa shape index (κ3) is 14.6. The predicted octanol–water partition coefficient (Wildman–Crippen LogP) is 9.88. The lowest BCUT2D eigenvalue weighted by Crippen LogP contribution is -2.34. The molecule has 2 amide bonds. The summed E-state index contributed by atoms with van der Waals surface area (Å²) in [7, 11) is -1.82. The van der Waals surface area contributed by atoms with Crippen LogP contribution in [-0.4, -0.2) is 128 Å². The highest BCUT2D eigenvalue weighted by Crippen LogP contribution is 2.33. The van der Waals surface area contributed by atoms with Crippen LogP contribution in [0.25, 0.3) is 66.9 Å². The molecule has 6 aromatic heterocycles. The van der Waals surface area contributed by atoms with E-state index in [4.69, 9.17) is 58.3 Å². The molecule has 0 bridgehead atoms. The van der Waals surface area contributed by atoms with E-state index in [-0.39, 0.29) is 60.7 Å². The van der Waals surface area contributed by atoms with Gasteiger partial charge in [0.2, 0.25) is 0 Å². The first kappa shape index (κ1) is 59.8. The number of nitrogens with two attached hydrogens (primary N) is 1. The van der Waals surface area contributed by atoms with Crippen molar-refractivity contribution in [1.29, 1.82) is 0 Å². The number of carbonyl (C=O) groups excluding carboxylic acids is 2. The summed E-state index contributed by atoms with van der Waals surface area (Å²) in [4.78, 5) is 46.2. The van der Waals surface area contributed by atoms with Gasteiger partial charge >= 0.3 is 0 Å². The van der Waals surface area contributed by atoms with Gasteiger partial charge in [-0.15, -0.1) is 12.4 Å². The Balaban J connectivity index is 0.000000206. The zero-order valence-corrected chi connectivity index (χ0v) is 51.5. The normalized spacial score (nSPS) is 17.9. The van der Waals surface area contributed by atoms with Crippen LogP contribution in [0.15, 0.2) is 61.2 Å². The maximum absolute atomic E-state index is 13.6. The highest BCUT2D eigenvalue weighted by Gasteiger charge is 2.31. The molecule has 0 saturated heterocycles. The van der Waals surface area contributed by atoms with Gasteiger partial charge in [0.1, 0.15) is 57.1 Å². The molecule has 10 rings (SSSR count). The quantitative estimate of drug-likeness (QED) is 0.0537. The van der Waals surface area contributed by atoms with Crippen LogP contribution in [0.5, 0.6) is 0 Å². The van der Waals surface area contributed by atoms with Crippen molar-refractivity contribution in [2.75, 3.05) is 25.2 Å². The third-order valence-corrected chi connectivity index (χ3v) is 19.4. The van der Waals surface area contributed by atoms with Crippen molar-refractivity contribution in [3.05, 3.63) is 82.4 Å². The Morgan fingerprint density at radius 1 is 0.696 bits per heavy atom. The summed E-state index contributed by atoms with van der Waals surface area (Å²) in [5.41, 5.74) is 13.3. The third-order valence-electron chi connectivity index (χ3n) is 14.4. The Hall–Kier alpha value is -5.31. The van der Waals surface area contributed by atoms with E-state index < -0.39 is 26.0 Å².